The van der Waals surface area contributed by atoms with Gasteiger partial charge in [-0.1, -0.05) is 6.92 Å². The molecule has 4 heteroatoms. The molecule has 0 saturated heterocycles. The molecule has 2 atom stereocenters. The van der Waals surface area contributed by atoms with Crippen LogP contribution in [0.3, 0.4) is 0 Å². The van der Waals surface area contributed by atoms with Crippen molar-refractivity contribution in [1.82, 2.24) is 10.2 Å². The van der Waals surface area contributed by atoms with Crippen molar-refractivity contribution in [2.24, 2.45) is 5.73 Å². The molecule has 1 rings (SSSR count). The van der Waals surface area contributed by atoms with Crippen LogP contribution in [-0.4, -0.2) is 41.0 Å². The monoisotopic (exact) mass is 255 g/mol. The third kappa shape index (κ3) is 3.95. The number of nitrogens with two attached hydrogens (primary N) is 1. The van der Waals surface area contributed by atoms with Gasteiger partial charge in [0.15, 0.2) is 0 Å². The Kier molecular flexibility index (Phi) is 5.17. The highest BCUT2D eigenvalue weighted by Gasteiger charge is 2.39. The van der Waals surface area contributed by atoms with Crippen molar-refractivity contribution in [2.45, 2.75) is 77.5 Å². The Labute approximate surface area is 111 Å². The zero-order chi connectivity index (χ0) is 13.9. The molecule has 0 aliphatic heterocycles. The fourth-order valence-electron chi connectivity index (χ4n) is 2.80. The van der Waals surface area contributed by atoms with Crippen LogP contribution in [0.1, 0.15) is 53.9 Å². The van der Waals surface area contributed by atoms with E-state index in [1.54, 1.807) is 0 Å². The molecule has 1 aliphatic carbocycles. The quantitative estimate of drug-likeness (QED) is 0.691. The molecule has 4 nitrogen and oxygen atoms in total. The zero-order valence-electron chi connectivity index (χ0n) is 12.5. The van der Waals surface area contributed by atoms with Crippen molar-refractivity contribution in [1.29, 1.82) is 0 Å². The van der Waals surface area contributed by atoms with Crippen LogP contribution >= 0.6 is 0 Å². The van der Waals surface area contributed by atoms with Gasteiger partial charge in [-0.25, -0.2) is 0 Å². The van der Waals surface area contributed by atoms with E-state index in [-0.39, 0.29) is 5.91 Å². The molecule has 1 aliphatic rings. The number of nitrogens with zero attached hydrogens (tertiary/aromatic N) is 1. The van der Waals surface area contributed by atoms with Gasteiger partial charge in [-0.05, 0) is 53.5 Å². The normalized spacial score (nSPS) is 21.1. The van der Waals surface area contributed by atoms with Crippen molar-refractivity contribution < 1.29 is 4.79 Å². The second-order valence-corrected chi connectivity index (χ2v) is 6.09. The van der Waals surface area contributed by atoms with Gasteiger partial charge >= 0.3 is 0 Å². The van der Waals surface area contributed by atoms with E-state index < -0.39 is 5.54 Å². The predicted molar refractivity (Wildman–Crippen MR) is 75.4 cm³/mol. The summed E-state index contributed by atoms with van der Waals surface area (Å²) in [6, 6.07) is 1.32. The molecule has 106 valence electrons. The van der Waals surface area contributed by atoms with Gasteiger partial charge in [0, 0.05) is 18.1 Å². The van der Waals surface area contributed by atoms with E-state index in [1.807, 2.05) is 6.92 Å². The van der Waals surface area contributed by atoms with Gasteiger partial charge in [0.25, 0.3) is 0 Å². The molecular formula is C14H29N3O. The van der Waals surface area contributed by atoms with Crippen LogP contribution in [0.15, 0.2) is 0 Å². The van der Waals surface area contributed by atoms with Crippen LogP contribution in [0.2, 0.25) is 0 Å². The standard InChI is InChI=1S/C14H29N3O/c1-6-17(10(2)3)11(4)9-14(5,13(15)18)16-12-7-8-12/h10-12,16H,6-9H2,1-5H3,(H2,15,18). The molecule has 0 aromatic rings. The molecule has 18 heavy (non-hydrogen) atoms. The summed E-state index contributed by atoms with van der Waals surface area (Å²) in [5.74, 6) is -0.235. The Morgan fingerprint density at radius 2 is 2.00 bits per heavy atom. The van der Waals surface area contributed by atoms with E-state index in [2.05, 4.69) is 37.9 Å². The second kappa shape index (κ2) is 6.02. The lowest BCUT2D eigenvalue weighted by atomic mass is 9.91. The Bertz CT molecular complexity index is 289. The largest absolute Gasteiger partial charge is 0.368 e. The first-order valence-electron chi connectivity index (χ1n) is 7.13. The maximum Gasteiger partial charge on any atom is 0.237 e. The van der Waals surface area contributed by atoms with Crippen molar-refractivity contribution >= 4 is 5.91 Å². The Hall–Kier alpha value is -0.610. The molecule has 0 bridgehead atoms. The van der Waals surface area contributed by atoms with E-state index in [9.17, 15) is 4.79 Å². The van der Waals surface area contributed by atoms with Crippen molar-refractivity contribution in [3.8, 4) is 0 Å². The summed E-state index contributed by atoms with van der Waals surface area (Å²) in [5.41, 5.74) is 5.01. The van der Waals surface area contributed by atoms with Crippen LogP contribution < -0.4 is 11.1 Å². The Balaban J connectivity index is 2.66. The van der Waals surface area contributed by atoms with Crippen LogP contribution in [0.4, 0.5) is 0 Å². The molecular weight excluding hydrogens is 226 g/mol. The minimum atomic E-state index is -0.580. The smallest absolute Gasteiger partial charge is 0.237 e. The van der Waals surface area contributed by atoms with Crippen LogP contribution in [-0.2, 0) is 4.79 Å². The first-order chi connectivity index (χ1) is 8.30. The second-order valence-electron chi connectivity index (χ2n) is 6.09. The average Bonchev–Trinajstić information content (AvgIpc) is 3.01. The number of rotatable bonds is 8. The molecule has 0 aromatic heterocycles. The number of nitrogens with one attached hydrogen (secondary N) is 1. The fraction of sp³-hybridized carbons (Fsp3) is 0.929. The summed E-state index contributed by atoms with van der Waals surface area (Å²) in [4.78, 5) is 14.1. The highest BCUT2D eigenvalue weighted by Crippen LogP contribution is 2.26. The van der Waals surface area contributed by atoms with Gasteiger partial charge in [0.2, 0.25) is 5.91 Å². The van der Waals surface area contributed by atoms with E-state index in [0.29, 0.717) is 18.1 Å². The molecule has 1 saturated carbocycles. The van der Waals surface area contributed by atoms with E-state index in [4.69, 9.17) is 5.73 Å². The van der Waals surface area contributed by atoms with E-state index in [0.717, 1.165) is 13.0 Å². The number of hydrogen-bond acceptors (Lipinski definition) is 3. The first-order valence-corrected chi connectivity index (χ1v) is 7.13. The molecule has 2 unspecified atom stereocenters. The SMILES string of the molecule is CCN(C(C)C)C(C)CC(C)(NC1CC1)C(N)=O. The van der Waals surface area contributed by atoms with Gasteiger partial charge < -0.3 is 11.1 Å². The van der Waals surface area contributed by atoms with Gasteiger partial charge in [0.05, 0.1) is 5.54 Å². The van der Waals surface area contributed by atoms with Gasteiger partial charge in [0.1, 0.15) is 0 Å². The number of primary amides is 1. The average molecular weight is 255 g/mol. The number of hydrogen-bond donors (Lipinski definition) is 2. The molecule has 0 heterocycles. The Morgan fingerprint density at radius 1 is 1.44 bits per heavy atom. The van der Waals surface area contributed by atoms with Gasteiger partial charge in [-0.3, -0.25) is 9.69 Å². The summed E-state index contributed by atoms with van der Waals surface area (Å²) in [5, 5.41) is 3.41. The van der Waals surface area contributed by atoms with Crippen LogP contribution in [0.25, 0.3) is 0 Å². The minimum Gasteiger partial charge on any atom is -0.368 e. The highest BCUT2D eigenvalue weighted by atomic mass is 16.1. The number of carbonyl (C=O) groups is 1. The molecule has 1 fully saturated rings. The van der Waals surface area contributed by atoms with Gasteiger partial charge in [-0.15, -0.1) is 0 Å². The summed E-state index contributed by atoms with van der Waals surface area (Å²) >= 11 is 0. The molecule has 0 aromatic carbocycles. The predicted octanol–water partition coefficient (Wildman–Crippen LogP) is 1.49. The first kappa shape index (κ1) is 15.4. The van der Waals surface area contributed by atoms with Crippen LogP contribution in [0.5, 0.6) is 0 Å². The summed E-state index contributed by atoms with van der Waals surface area (Å²) in [6.45, 7) is 11.7. The van der Waals surface area contributed by atoms with Crippen molar-refractivity contribution in [3.63, 3.8) is 0 Å². The van der Waals surface area contributed by atoms with E-state index >= 15 is 0 Å². The summed E-state index contributed by atoms with van der Waals surface area (Å²) in [7, 11) is 0. The molecule has 1 amide bonds. The summed E-state index contributed by atoms with van der Waals surface area (Å²) in [6.07, 6.45) is 3.10. The maximum atomic E-state index is 11.7. The Morgan fingerprint density at radius 3 is 2.33 bits per heavy atom. The molecule has 0 radical (unpaired) electrons. The lowest BCUT2D eigenvalue weighted by molar-refractivity contribution is -0.124. The van der Waals surface area contributed by atoms with Crippen LogP contribution in [0, 0.1) is 0 Å². The zero-order valence-corrected chi connectivity index (χ0v) is 12.5. The highest BCUT2D eigenvalue weighted by molar-refractivity contribution is 5.84. The lowest BCUT2D eigenvalue weighted by Crippen LogP contribution is -2.57. The lowest BCUT2D eigenvalue weighted by Gasteiger charge is -2.37. The molecule has 3 N–H and O–H groups in total. The minimum absolute atomic E-state index is 0.235. The third-order valence-corrected chi connectivity index (χ3v) is 3.94. The number of carbonyl (C=O) groups excluding carboxylic acids is 1. The van der Waals surface area contributed by atoms with E-state index in [1.165, 1.54) is 12.8 Å². The fourth-order valence-corrected chi connectivity index (χ4v) is 2.80. The third-order valence-electron chi connectivity index (χ3n) is 3.94. The maximum absolute atomic E-state index is 11.7. The number of amides is 1. The van der Waals surface area contributed by atoms with Gasteiger partial charge in [-0.2, -0.15) is 0 Å². The topological polar surface area (TPSA) is 58.4 Å². The van der Waals surface area contributed by atoms with Crippen molar-refractivity contribution in [3.05, 3.63) is 0 Å². The molecule has 0 spiro atoms. The summed E-state index contributed by atoms with van der Waals surface area (Å²) < 4.78 is 0. The van der Waals surface area contributed by atoms with Crippen molar-refractivity contribution in [2.75, 3.05) is 6.54 Å².